The van der Waals surface area contributed by atoms with Crippen molar-refractivity contribution < 1.29 is 18.0 Å². The summed E-state index contributed by atoms with van der Waals surface area (Å²) in [6.45, 7) is 6.73. The van der Waals surface area contributed by atoms with E-state index in [4.69, 9.17) is 0 Å². The van der Waals surface area contributed by atoms with Gasteiger partial charge in [-0.25, -0.2) is 13.2 Å². The van der Waals surface area contributed by atoms with Gasteiger partial charge in [0.05, 0.1) is 10.1 Å². The molecule has 1 aliphatic heterocycles. The third kappa shape index (κ3) is 3.71. The second-order valence-corrected chi connectivity index (χ2v) is 9.39. The molecule has 28 heavy (non-hydrogen) atoms. The van der Waals surface area contributed by atoms with Gasteiger partial charge in [-0.15, -0.1) is 10.2 Å². The lowest BCUT2D eigenvalue weighted by molar-refractivity contribution is -0.126. The maximum Gasteiger partial charge on any atom is 0.324 e. The van der Waals surface area contributed by atoms with Gasteiger partial charge in [0.1, 0.15) is 0 Å². The number of pyridine rings is 1. The fourth-order valence-corrected chi connectivity index (χ4v) is 5.25. The van der Waals surface area contributed by atoms with E-state index in [1.54, 1.807) is 31.2 Å². The van der Waals surface area contributed by atoms with Crippen LogP contribution in [0.25, 0.3) is 5.65 Å². The molecule has 3 heterocycles. The number of nitrogens with one attached hydrogen (secondary N) is 1. The first-order valence-corrected chi connectivity index (χ1v) is 11.2. The zero-order valence-electron chi connectivity index (χ0n) is 15.8. The summed E-state index contributed by atoms with van der Waals surface area (Å²) in [4.78, 5) is 25.5. The third-order valence-corrected chi connectivity index (χ3v) is 7.52. The maximum absolute atomic E-state index is 12.8. The zero-order valence-corrected chi connectivity index (χ0v) is 17.5. The van der Waals surface area contributed by atoms with Crippen LogP contribution < -0.4 is 5.32 Å². The predicted octanol–water partition coefficient (Wildman–Crippen LogP) is 0.792. The van der Waals surface area contributed by atoms with E-state index in [9.17, 15) is 18.0 Å². The minimum atomic E-state index is -3.63. The number of carbonyl (C=O) groups excluding carboxylic acids is 2. The highest BCUT2D eigenvalue weighted by Crippen LogP contribution is 2.25. The van der Waals surface area contributed by atoms with Gasteiger partial charge in [0.2, 0.25) is 15.9 Å². The highest BCUT2D eigenvalue weighted by molar-refractivity contribution is 8.00. The molecule has 12 heteroatoms. The highest BCUT2D eigenvalue weighted by Gasteiger charge is 2.31. The van der Waals surface area contributed by atoms with Crippen LogP contribution in [0.1, 0.15) is 20.8 Å². The number of urea groups is 1. The lowest BCUT2D eigenvalue weighted by Gasteiger charge is -2.18. The Labute approximate surface area is 167 Å². The summed E-state index contributed by atoms with van der Waals surface area (Å²) in [7, 11) is -3.63. The summed E-state index contributed by atoms with van der Waals surface area (Å²) < 4.78 is 28.5. The van der Waals surface area contributed by atoms with Crippen LogP contribution in [0.15, 0.2) is 28.4 Å². The maximum atomic E-state index is 12.8. The van der Waals surface area contributed by atoms with Gasteiger partial charge in [0.15, 0.2) is 10.8 Å². The van der Waals surface area contributed by atoms with Gasteiger partial charge in [0.25, 0.3) is 0 Å². The van der Waals surface area contributed by atoms with E-state index in [0.29, 0.717) is 37.0 Å². The van der Waals surface area contributed by atoms with Gasteiger partial charge in [-0.05, 0) is 19.1 Å². The van der Waals surface area contributed by atoms with Crippen LogP contribution in [0.5, 0.6) is 0 Å². The van der Waals surface area contributed by atoms with Crippen LogP contribution in [-0.2, 0) is 14.8 Å². The SMILES string of the molecule is CCN(CC)S(=O)(=O)c1ccc2nnc(SC(C)C(=O)N3CCNC3=O)n2c1. The number of fused-ring (bicyclic) bond motifs is 1. The molecule has 0 radical (unpaired) electrons. The summed E-state index contributed by atoms with van der Waals surface area (Å²) in [5.74, 6) is -0.330. The van der Waals surface area contributed by atoms with Crippen molar-refractivity contribution in [3.8, 4) is 0 Å². The van der Waals surface area contributed by atoms with Gasteiger partial charge in [-0.1, -0.05) is 25.6 Å². The Kier molecular flexibility index (Phi) is 5.91. The summed E-state index contributed by atoms with van der Waals surface area (Å²) >= 11 is 1.13. The second-order valence-electron chi connectivity index (χ2n) is 6.15. The molecular weight excluding hydrogens is 404 g/mol. The molecular formula is C16H22N6O4S2. The fraction of sp³-hybridized carbons (Fsp3) is 0.500. The third-order valence-electron chi connectivity index (χ3n) is 4.44. The van der Waals surface area contributed by atoms with Gasteiger partial charge >= 0.3 is 6.03 Å². The Hall–Kier alpha value is -2.18. The summed E-state index contributed by atoms with van der Waals surface area (Å²) in [6, 6.07) is 2.67. The molecule has 1 unspecified atom stereocenters. The number of carbonyl (C=O) groups is 2. The normalized spacial score (nSPS) is 16.0. The Balaban J connectivity index is 1.88. The van der Waals surface area contributed by atoms with Crippen molar-refractivity contribution in [1.29, 1.82) is 0 Å². The number of hydrogen-bond acceptors (Lipinski definition) is 7. The van der Waals surface area contributed by atoms with E-state index in [-0.39, 0.29) is 10.8 Å². The first-order valence-electron chi connectivity index (χ1n) is 8.90. The van der Waals surface area contributed by atoms with Crippen molar-refractivity contribution in [3.05, 3.63) is 18.3 Å². The quantitative estimate of drug-likeness (QED) is 0.651. The van der Waals surface area contributed by atoms with Gasteiger partial charge in [0, 0.05) is 32.4 Å². The van der Waals surface area contributed by atoms with Gasteiger partial charge < -0.3 is 5.32 Å². The molecule has 1 fully saturated rings. The summed E-state index contributed by atoms with van der Waals surface area (Å²) in [5.41, 5.74) is 0.472. The number of imide groups is 1. The van der Waals surface area contributed by atoms with Crippen molar-refractivity contribution in [2.24, 2.45) is 0 Å². The summed E-state index contributed by atoms with van der Waals surface area (Å²) in [6.07, 6.45) is 1.46. The zero-order chi connectivity index (χ0) is 20.5. The van der Waals surface area contributed by atoms with E-state index < -0.39 is 21.3 Å². The number of nitrogens with zero attached hydrogens (tertiary/aromatic N) is 5. The molecule has 1 saturated heterocycles. The molecule has 1 atom stereocenters. The van der Waals surface area contributed by atoms with E-state index in [2.05, 4.69) is 15.5 Å². The van der Waals surface area contributed by atoms with Crippen molar-refractivity contribution in [2.45, 2.75) is 36.1 Å². The number of aromatic nitrogens is 3. The molecule has 0 bridgehead atoms. The number of hydrogen-bond donors (Lipinski definition) is 1. The van der Waals surface area contributed by atoms with E-state index in [1.807, 2.05) is 0 Å². The van der Waals surface area contributed by atoms with Crippen molar-refractivity contribution in [2.75, 3.05) is 26.2 Å². The first-order chi connectivity index (χ1) is 13.3. The number of thioether (sulfide) groups is 1. The van der Waals surface area contributed by atoms with E-state index in [1.165, 1.54) is 16.6 Å². The van der Waals surface area contributed by atoms with Crippen LogP contribution in [0.2, 0.25) is 0 Å². The first kappa shape index (κ1) is 20.6. The van der Waals surface area contributed by atoms with Crippen LogP contribution in [-0.4, -0.2) is 75.6 Å². The highest BCUT2D eigenvalue weighted by atomic mass is 32.2. The minimum absolute atomic E-state index is 0.128. The van der Waals surface area contributed by atoms with Gasteiger partial charge in [-0.2, -0.15) is 4.31 Å². The number of sulfonamides is 1. The molecule has 10 nitrogen and oxygen atoms in total. The van der Waals surface area contributed by atoms with Crippen molar-refractivity contribution >= 4 is 39.4 Å². The molecule has 0 spiro atoms. The predicted molar refractivity (Wildman–Crippen MR) is 104 cm³/mol. The molecule has 1 aliphatic rings. The molecule has 0 saturated carbocycles. The van der Waals surface area contributed by atoms with E-state index >= 15 is 0 Å². The van der Waals surface area contributed by atoms with Gasteiger partial charge in [-0.3, -0.25) is 14.1 Å². The Morgan fingerprint density at radius 3 is 2.64 bits per heavy atom. The van der Waals surface area contributed by atoms with Crippen LogP contribution in [0, 0.1) is 0 Å². The van der Waals surface area contributed by atoms with Crippen LogP contribution in [0.3, 0.4) is 0 Å². The fourth-order valence-electron chi connectivity index (χ4n) is 2.91. The summed E-state index contributed by atoms with van der Waals surface area (Å²) in [5, 5.41) is 10.5. The molecule has 2 aromatic rings. The smallest absolute Gasteiger partial charge is 0.324 e. The second kappa shape index (κ2) is 8.05. The molecule has 0 aliphatic carbocycles. The lowest BCUT2D eigenvalue weighted by atomic mass is 10.4. The van der Waals surface area contributed by atoms with Crippen molar-refractivity contribution in [3.63, 3.8) is 0 Å². The van der Waals surface area contributed by atoms with Crippen LogP contribution >= 0.6 is 11.8 Å². The average Bonchev–Trinajstić information content (AvgIpc) is 3.27. The van der Waals surface area contributed by atoms with Crippen LogP contribution in [0.4, 0.5) is 4.79 Å². The lowest BCUT2D eigenvalue weighted by Crippen LogP contribution is -2.39. The molecule has 3 amide bonds. The Bertz CT molecular complexity index is 1000. The molecule has 0 aromatic carbocycles. The minimum Gasteiger partial charge on any atom is -0.336 e. The molecule has 2 aromatic heterocycles. The average molecular weight is 427 g/mol. The number of amides is 3. The molecule has 1 N–H and O–H groups in total. The number of rotatable bonds is 7. The standard InChI is InChI=1S/C16H22N6O4S2/c1-4-20(5-2)28(25,26)12-6-7-13-18-19-16(22(13)10-12)27-11(3)14(23)21-9-8-17-15(21)24/h6-7,10-11H,4-5,8-9H2,1-3H3,(H,17,24). The van der Waals surface area contributed by atoms with Crippen molar-refractivity contribution in [1.82, 2.24) is 29.1 Å². The topological polar surface area (TPSA) is 117 Å². The Morgan fingerprint density at radius 1 is 1.32 bits per heavy atom. The monoisotopic (exact) mass is 426 g/mol. The molecule has 152 valence electrons. The molecule has 3 rings (SSSR count). The Morgan fingerprint density at radius 2 is 2.04 bits per heavy atom. The van der Waals surface area contributed by atoms with E-state index in [0.717, 1.165) is 16.7 Å². The largest absolute Gasteiger partial charge is 0.336 e.